The van der Waals surface area contributed by atoms with E-state index in [4.69, 9.17) is 18.9 Å². The van der Waals surface area contributed by atoms with Gasteiger partial charge in [-0.1, -0.05) is 5.10 Å². The molecule has 0 aliphatic carbocycles. The number of rotatable bonds is 9. The Morgan fingerprint density at radius 2 is 2.17 bits per heavy atom. The highest BCUT2D eigenvalue weighted by molar-refractivity contribution is 5.26. The Morgan fingerprint density at radius 1 is 1.25 bits per heavy atom. The Bertz CT molecular complexity index is 474. The van der Waals surface area contributed by atoms with E-state index >= 15 is 0 Å². The van der Waals surface area contributed by atoms with Crippen LogP contribution < -0.4 is 4.90 Å². The van der Waals surface area contributed by atoms with E-state index in [0.717, 1.165) is 38.4 Å². The number of tetrazole rings is 1. The van der Waals surface area contributed by atoms with E-state index < -0.39 is 0 Å². The molecule has 136 valence electrons. The molecular formula is C15H27N5O4. The Kier molecular flexibility index (Phi) is 6.76. The third-order valence-corrected chi connectivity index (χ3v) is 4.20. The molecule has 0 bridgehead atoms. The lowest BCUT2D eigenvalue weighted by atomic mass is 10.2. The van der Waals surface area contributed by atoms with Crippen LogP contribution in [0.3, 0.4) is 0 Å². The molecular weight excluding hydrogens is 314 g/mol. The lowest BCUT2D eigenvalue weighted by Gasteiger charge is -2.27. The minimum Gasteiger partial charge on any atom is -0.379 e. The largest absolute Gasteiger partial charge is 0.379 e. The minimum atomic E-state index is 0.0589. The molecule has 2 atom stereocenters. The van der Waals surface area contributed by atoms with Crippen LogP contribution in [0.1, 0.15) is 19.3 Å². The van der Waals surface area contributed by atoms with Crippen molar-refractivity contribution < 1.29 is 18.9 Å². The van der Waals surface area contributed by atoms with E-state index in [1.807, 2.05) is 11.9 Å². The summed E-state index contributed by atoms with van der Waals surface area (Å²) in [6, 6.07) is 0. The fraction of sp³-hybridized carbons (Fsp3) is 0.933. The normalized spacial score (nSPS) is 24.4. The van der Waals surface area contributed by atoms with Crippen molar-refractivity contribution in [3.8, 4) is 0 Å². The Balaban J connectivity index is 1.37. The lowest BCUT2D eigenvalue weighted by molar-refractivity contribution is -0.0838. The summed E-state index contributed by atoms with van der Waals surface area (Å²) >= 11 is 0. The van der Waals surface area contributed by atoms with Gasteiger partial charge in [-0.05, 0) is 29.7 Å². The second kappa shape index (κ2) is 9.26. The molecule has 0 spiro atoms. The molecule has 0 N–H and O–H groups in total. The topological polar surface area (TPSA) is 83.8 Å². The van der Waals surface area contributed by atoms with E-state index in [1.54, 1.807) is 4.68 Å². The van der Waals surface area contributed by atoms with Crippen molar-refractivity contribution in [1.82, 2.24) is 20.2 Å². The van der Waals surface area contributed by atoms with Crippen molar-refractivity contribution >= 4 is 5.95 Å². The summed E-state index contributed by atoms with van der Waals surface area (Å²) < 4.78 is 24.1. The third kappa shape index (κ3) is 5.10. The molecule has 2 aliphatic heterocycles. The van der Waals surface area contributed by atoms with Crippen LogP contribution in [0, 0.1) is 0 Å². The maximum Gasteiger partial charge on any atom is 0.245 e. The smallest absolute Gasteiger partial charge is 0.245 e. The number of ether oxygens (including phenoxy) is 4. The Hall–Kier alpha value is -1.29. The Labute approximate surface area is 142 Å². The summed E-state index contributed by atoms with van der Waals surface area (Å²) in [6.45, 7) is 5.59. The molecule has 0 radical (unpaired) electrons. The van der Waals surface area contributed by atoms with Gasteiger partial charge in [-0.3, -0.25) is 0 Å². The summed E-state index contributed by atoms with van der Waals surface area (Å²) in [5, 5.41) is 12.0. The van der Waals surface area contributed by atoms with Gasteiger partial charge in [0, 0.05) is 33.4 Å². The number of aromatic nitrogens is 4. The maximum atomic E-state index is 5.68. The average Bonchev–Trinajstić information content (AvgIpc) is 3.27. The number of anilines is 1. The van der Waals surface area contributed by atoms with E-state index in [1.165, 1.54) is 0 Å². The van der Waals surface area contributed by atoms with Crippen molar-refractivity contribution in [3.63, 3.8) is 0 Å². The van der Waals surface area contributed by atoms with Gasteiger partial charge in [-0.25, -0.2) is 4.68 Å². The van der Waals surface area contributed by atoms with E-state index in [0.29, 0.717) is 39.6 Å². The highest BCUT2D eigenvalue weighted by Gasteiger charge is 2.20. The molecule has 1 aromatic heterocycles. The summed E-state index contributed by atoms with van der Waals surface area (Å²) in [4.78, 5) is 2.01. The molecule has 3 heterocycles. The SMILES string of the molecule is CN(CC1COCCO1)c1nnnn1CCCOCC1CCCO1. The molecule has 2 fully saturated rings. The van der Waals surface area contributed by atoms with Gasteiger partial charge in [-0.15, -0.1) is 0 Å². The fourth-order valence-electron chi connectivity index (χ4n) is 2.95. The lowest BCUT2D eigenvalue weighted by Crippen LogP contribution is -2.39. The zero-order valence-corrected chi connectivity index (χ0v) is 14.3. The fourth-order valence-corrected chi connectivity index (χ4v) is 2.95. The van der Waals surface area contributed by atoms with Gasteiger partial charge in [0.2, 0.25) is 5.95 Å². The van der Waals surface area contributed by atoms with Crippen LogP contribution in [-0.2, 0) is 25.5 Å². The zero-order chi connectivity index (χ0) is 16.6. The van der Waals surface area contributed by atoms with E-state index in [9.17, 15) is 0 Å². The highest BCUT2D eigenvalue weighted by Crippen LogP contribution is 2.13. The standard InChI is InChI=1S/C15H27N5O4/c1-19(10-14-12-22-8-9-24-14)15-16-17-18-20(15)5-3-6-21-11-13-4-2-7-23-13/h13-14H,2-12H2,1H3. The van der Waals surface area contributed by atoms with Gasteiger partial charge in [0.05, 0.1) is 38.6 Å². The molecule has 9 heteroatoms. The molecule has 0 amide bonds. The number of hydrogen-bond acceptors (Lipinski definition) is 8. The second-order valence-electron chi connectivity index (χ2n) is 6.21. The summed E-state index contributed by atoms with van der Waals surface area (Å²) in [7, 11) is 1.97. The van der Waals surface area contributed by atoms with E-state index in [2.05, 4.69) is 15.5 Å². The van der Waals surface area contributed by atoms with Crippen molar-refractivity contribution in [2.45, 2.75) is 38.0 Å². The zero-order valence-electron chi connectivity index (χ0n) is 14.3. The van der Waals surface area contributed by atoms with E-state index in [-0.39, 0.29) is 12.2 Å². The molecule has 1 aromatic rings. The van der Waals surface area contributed by atoms with Crippen LogP contribution in [0.5, 0.6) is 0 Å². The van der Waals surface area contributed by atoms with Crippen LogP contribution in [0.25, 0.3) is 0 Å². The molecule has 9 nitrogen and oxygen atoms in total. The van der Waals surface area contributed by atoms with Crippen LogP contribution in [0.15, 0.2) is 0 Å². The van der Waals surface area contributed by atoms with Crippen molar-refractivity contribution in [3.05, 3.63) is 0 Å². The van der Waals surface area contributed by atoms with Gasteiger partial charge in [0.1, 0.15) is 0 Å². The van der Waals surface area contributed by atoms with Gasteiger partial charge < -0.3 is 23.8 Å². The van der Waals surface area contributed by atoms with Crippen LogP contribution in [0.4, 0.5) is 5.95 Å². The molecule has 2 saturated heterocycles. The molecule has 2 unspecified atom stereocenters. The molecule has 2 aliphatic rings. The first-order chi connectivity index (χ1) is 11.8. The first-order valence-corrected chi connectivity index (χ1v) is 8.69. The maximum absolute atomic E-state index is 5.68. The number of likely N-dealkylation sites (N-methyl/N-ethyl adjacent to an activating group) is 1. The first kappa shape index (κ1) is 17.5. The summed E-state index contributed by atoms with van der Waals surface area (Å²) in [6.07, 6.45) is 3.45. The quantitative estimate of drug-likeness (QED) is 0.585. The number of hydrogen-bond donors (Lipinski definition) is 0. The van der Waals surface area contributed by atoms with Crippen molar-refractivity contribution in [2.24, 2.45) is 0 Å². The van der Waals surface area contributed by atoms with Gasteiger partial charge in [0.15, 0.2) is 0 Å². The highest BCUT2D eigenvalue weighted by atomic mass is 16.6. The van der Waals surface area contributed by atoms with Crippen molar-refractivity contribution in [2.75, 3.05) is 58.1 Å². The van der Waals surface area contributed by atoms with Crippen LogP contribution >= 0.6 is 0 Å². The first-order valence-electron chi connectivity index (χ1n) is 8.69. The molecule has 24 heavy (non-hydrogen) atoms. The van der Waals surface area contributed by atoms with Crippen molar-refractivity contribution in [1.29, 1.82) is 0 Å². The summed E-state index contributed by atoms with van der Waals surface area (Å²) in [5.41, 5.74) is 0. The minimum absolute atomic E-state index is 0.0589. The predicted octanol–water partition coefficient (Wildman–Crippen LogP) is 0.110. The number of nitrogens with zero attached hydrogens (tertiary/aromatic N) is 5. The molecule has 0 aromatic carbocycles. The van der Waals surface area contributed by atoms with Crippen LogP contribution in [-0.4, -0.2) is 85.6 Å². The average molecular weight is 341 g/mol. The number of aryl methyl sites for hydroxylation is 1. The molecule has 0 saturated carbocycles. The monoisotopic (exact) mass is 341 g/mol. The van der Waals surface area contributed by atoms with Crippen LogP contribution in [0.2, 0.25) is 0 Å². The third-order valence-electron chi connectivity index (χ3n) is 4.20. The Morgan fingerprint density at radius 3 is 2.96 bits per heavy atom. The summed E-state index contributed by atoms with van der Waals surface area (Å²) in [5.74, 6) is 0.739. The predicted molar refractivity (Wildman–Crippen MR) is 86.1 cm³/mol. The second-order valence-corrected chi connectivity index (χ2v) is 6.21. The van der Waals surface area contributed by atoms with Gasteiger partial charge in [-0.2, -0.15) is 0 Å². The van der Waals surface area contributed by atoms with Gasteiger partial charge >= 0.3 is 0 Å². The van der Waals surface area contributed by atoms with Gasteiger partial charge in [0.25, 0.3) is 0 Å². The molecule has 3 rings (SSSR count).